The van der Waals surface area contributed by atoms with Crippen LogP contribution in [0, 0.1) is 0 Å². The average Bonchev–Trinajstić information content (AvgIpc) is 3.08. The number of aromatic nitrogens is 3. The van der Waals surface area contributed by atoms with E-state index in [9.17, 15) is 28.2 Å². The highest BCUT2D eigenvalue weighted by Crippen LogP contribution is 2.29. The molecule has 1 atom stereocenters. The van der Waals surface area contributed by atoms with E-state index >= 15 is 0 Å². The molecule has 1 aliphatic carbocycles. The van der Waals surface area contributed by atoms with Gasteiger partial charge in [0.15, 0.2) is 5.65 Å². The molecular weight excluding hydrogens is 429 g/mol. The van der Waals surface area contributed by atoms with Gasteiger partial charge in [-0.3, -0.25) is 4.79 Å². The third-order valence-electron chi connectivity index (χ3n) is 5.03. The molecule has 4 rings (SSSR count). The number of allylic oxidation sites excluding steroid dienone is 1. The maximum atomic E-state index is 12.4. The molecule has 0 saturated carbocycles. The fourth-order valence-electron chi connectivity index (χ4n) is 3.38. The smallest absolute Gasteiger partial charge is 0.406 e. The summed E-state index contributed by atoms with van der Waals surface area (Å²) in [6.45, 7) is -0.502. The van der Waals surface area contributed by atoms with Crippen LogP contribution in [0.3, 0.4) is 0 Å². The first-order valence-corrected chi connectivity index (χ1v) is 9.75. The number of benzene rings is 1. The first-order valence-electron chi connectivity index (χ1n) is 9.75. The van der Waals surface area contributed by atoms with Crippen molar-refractivity contribution in [2.24, 2.45) is 0 Å². The minimum atomic E-state index is -4.81. The molecule has 3 N–H and O–H groups in total. The van der Waals surface area contributed by atoms with Crippen LogP contribution in [0.15, 0.2) is 48.2 Å². The molecule has 32 heavy (non-hydrogen) atoms. The highest BCUT2D eigenvalue weighted by Gasteiger charge is 2.31. The molecule has 0 fully saturated rings. The van der Waals surface area contributed by atoms with Gasteiger partial charge < -0.3 is 20.3 Å². The number of rotatable bonds is 7. The Labute approximate surface area is 179 Å². The topological polar surface area (TPSA) is 110 Å². The zero-order valence-electron chi connectivity index (χ0n) is 16.6. The molecule has 3 aromatic rings. The number of aliphatic hydroxyl groups is 2. The van der Waals surface area contributed by atoms with Gasteiger partial charge in [-0.25, -0.2) is 9.67 Å². The van der Waals surface area contributed by atoms with Crippen LogP contribution in [-0.4, -0.2) is 43.9 Å². The number of nitrogens with one attached hydrogen (secondary N) is 1. The van der Waals surface area contributed by atoms with Gasteiger partial charge in [-0.2, -0.15) is 5.10 Å². The molecule has 0 bridgehead atoms. The molecule has 1 amide bonds. The molecule has 0 radical (unpaired) electrons. The molecule has 0 unspecified atom stereocenters. The van der Waals surface area contributed by atoms with Gasteiger partial charge >= 0.3 is 6.36 Å². The SMILES string of the molecule is O=C(NCc1nn(-c2ccc(OC(F)(F)F)cc2)c2nccc([C@H](O)CO)c12)C1=CCC1. The highest BCUT2D eigenvalue weighted by atomic mass is 19.4. The Morgan fingerprint density at radius 3 is 2.56 bits per heavy atom. The third kappa shape index (κ3) is 4.43. The lowest BCUT2D eigenvalue weighted by molar-refractivity contribution is -0.274. The van der Waals surface area contributed by atoms with Gasteiger partial charge in [0.05, 0.1) is 29.9 Å². The lowest BCUT2D eigenvalue weighted by atomic mass is 9.98. The number of hydrogen-bond acceptors (Lipinski definition) is 6. The van der Waals surface area contributed by atoms with Crippen molar-refractivity contribution in [3.63, 3.8) is 0 Å². The maximum absolute atomic E-state index is 12.4. The Balaban J connectivity index is 1.73. The van der Waals surface area contributed by atoms with E-state index in [1.54, 1.807) is 0 Å². The predicted molar refractivity (Wildman–Crippen MR) is 107 cm³/mol. The lowest BCUT2D eigenvalue weighted by Crippen LogP contribution is -2.26. The zero-order valence-corrected chi connectivity index (χ0v) is 16.6. The zero-order chi connectivity index (χ0) is 22.9. The number of nitrogens with zero attached hydrogens (tertiary/aromatic N) is 3. The number of pyridine rings is 1. The van der Waals surface area contributed by atoms with E-state index in [4.69, 9.17) is 0 Å². The van der Waals surface area contributed by atoms with Gasteiger partial charge in [-0.1, -0.05) is 6.08 Å². The summed E-state index contributed by atoms with van der Waals surface area (Å²) in [5, 5.41) is 27.4. The summed E-state index contributed by atoms with van der Waals surface area (Å²) in [6.07, 6.45) is -1.20. The summed E-state index contributed by atoms with van der Waals surface area (Å²) in [5.41, 5.74) is 2.15. The van der Waals surface area contributed by atoms with E-state index in [0.29, 0.717) is 40.0 Å². The number of amides is 1. The molecule has 0 aliphatic heterocycles. The first-order chi connectivity index (χ1) is 15.3. The van der Waals surface area contributed by atoms with Crippen molar-refractivity contribution in [3.05, 3.63) is 59.4 Å². The first kappa shape index (κ1) is 21.8. The van der Waals surface area contributed by atoms with Crippen LogP contribution < -0.4 is 10.1 Å². The number of carbonyl (C=O) groups excluding carboxylic acids is 1. The Kier molecular flexibility index (Phi) is 5.85. The van der Waals surface area contributed by atoms with Crippen LogP contribution in [0.5, 0.6) is 5.75 Å². The molecular formula is C21H19F3N4O4. The number of aliphatic hydroxyl groups excluding tert-OH is 2. The largest absolute Gasteiger partial charge is 0.573 e. The second kappa shape index (κ2) is 8.60. The van der Waals surface area contributed by atoms with Crippen LogP contribution >= 0.6 is 0 Å². The Morgan fingerprint density at radius 1 is 1.25 bits per heavy atom. The number of hydrogen-bond donors (Lipinski definition) is 3. The molecule has 0 spiro atoms. The Bertz CT molecular complexity index is 1170. The second-order valence-corrected chi connectivity index (χ2v) is 7.15. The monoisotopic (exact) mass is 448 g/mol. The molecule has 1 aliphatic rings. The van der Waals surface area contributed by atoms with Crippen LogP contribution in [0.25, 0.3) is 16.7 Å². The number of carbonyl (C=O) groups is 1. The van der Waals surface area contributed by atoms with Gasteiger partial charge in [0.25, 0.3) is 0 Å². The number of halogens is 3. The number of ether oxygens (including phenoxy) is 1. The summed E-state index contributed by atoms with van der Waals surface area (Å²) >= 11 is 0. The van der Waals surface area contributed by atoms with Crippen molar-refractivity contribution in [3.8, 4) is 11.4 Å². The molecule has 2 heterocycles. The van der Waals surface area contributed by atoms with Crippen molar-refractivity contribution in [1.82, 2.24) is 20.1 Å². The summed E-state index contributed by atoms with van der Waals surface area (Å²) in [4.78, 5) is 16.5. The molecule has 0 saturated heterocycles. The van der Waals surface area contributed by atoms with E-state index in [-0.39, 0.29) is 18.2 Å². The van der Waals surface area contributed by atoms with Crippen molar-refractivity contribution in [2.45, 2.75) is 31.9 Å². The van der Waals surface area contributed by atoms with Crippen molar-refractivity contribution in [1.29, 1.82) is 0 Å². The van der Waals surface area contributed by atoms with Crippen LogP contribution in [0.4, 0.5) is 13.2 Å². The summed E-state index contributed by atoms with van der Waals surface area (Å²) in [5.74, 6) is -0.607. The highest BCUT2D eigenvalue weighted by molar-refractivity contribution is 5.95. The van der Waals surface area contributed by atoms with Gasteiger partial charge in [0.1, 0.15) is 11.9 Å². The van der Waals surface area contributed by atoms with E-state index < -0.39 is 19.1 Å². The fraction of sp³-hybridized carbons (Fsp3) is 0.286. The lowest BCUT2D eigenvalue weighted by Gasteiger charge is -2.14. The molecule has 8 nitrogen and oxygen atoms in total. The maximum Gasteiger partial charge on any atom is 0.573 e. The second-order valence-electron chi connectivity index (χ2n) is 7.15. The van der Waals surface area contributed by atoms with Crippen LogP contribution in [0.1, 0.15) is 30.2 Å². The molecule has 1 aromatic carbocycles. The van der Waals surface area contributed by atoms with Crippen LogP contribution in [-0.2, 0) is 11.3 Å². The summed E-state index contributed by atoms with van der Waals surface area (Å²) in [6, 6.07) is 6.59. The summed E-state index contributed by atoms with van der Waals surface area (Å²) < 4.78 is 42.6. The minimum absolute atomic E-state index is 0.0335. The number of alkyl halides is 3. The molecule has 168 valence electrons. The molecule has 11 heteroatoms. The van der Waals surface area contributed by atoms with E-state index in [0.717, 1.165) is 18.6 Å². The number of fused-ring (bicyclic) bond motifs is 1. The minimum Gasteiger partial charge on any atom is -0.406 e. The van der Waals surface area contributed by atoms with Crippen molar-refractivity contribution < 1.29 is 32.9 Å². The average molecular weight is 448 g/mol. The van der Waals surface area contributed by atoms with Crippen molar-refractivity contribution >= 4 is 16.9 Å². The normalized spacial score (nSPS) is 14.6. The fourth-order valence-corrected chi connectivity index (χ4v) is 3.38. The van der Waals surface area contributed by atoms with Gasteiger partial charge in [0.2, 0.25) is 5.91 Å². The van der Waals surface area contributed by atoms with Crippen molar-refractivity contribution in [2.75, 3.05) is 6.61 Å². The van der Waals surface area contributed by atoms with Gasteiger partial charge in [0, 0.05) is 11.8 Å². The Morgan fingerprint density at radius 2 is 1.97 bits per heavy atom. The standard InChI is InChI=1S/C21H19F3N4O4/c22-21(23,24)32-14-6-4-13(5-7-14)28-19-18(15(8-9-25-19)17(30)11-29)16(27-28)10-26-20(31)12-2-1-3-12/h2,4-9,17,29-30H,1,3,10-11H2,(H,26,31)/t17-/m1/s1. The summed E-state index contributed by atoms with van der Waals surface area (Å²) in [7, 11) is 0. The quantitative estimate of drug-likeness (QED) is 0.513. The third-order valence-corrected chi connectivity index (χ3v) is 5.03. The predicted octanol–water partition coefficient (Wildman–Crippen LogP) is 2.68. The van der Waals surface area contributed by atoms with Crippen LogP contribution in [0.2, 0.25) is 0 Å². The Hall–Kier alpha value is -3.44. The van der Waals surface area contributed by atoms with E-state index in [1.165, 1.54) is 29.1 Å². The van der Waals surface area contributed by atoms with Gasteiger partial charge in [-0.15, -0.1) is 13.2 Å². The van der Waals surface area contributed by atoms with Gasteiger partial charge in [-0.05, 0) is 48.7 Å². The van der Waals surface area contributed by atoms with E-state index in [1.807, 2.05) is 6.08 Å². The van der Waals surface area contributed by atoms with E-state index in [2.05, 4.69) is 20.1 Å². The molecule has 2 aromatic heterocycles.